The van der Waals surface area contributed by atoms with E-state index < -0.39 is 12.0 Å². The van der Waals surface area contributed by atoms with E-state index in [0.29, 0.717) is 11.8 Å². The monoisotopic (exact) mass is 352 g/mol. The molecule has 1 aliphatic carbocycles. The molecular weight excluding hydrogens is 324 g/mol. The van der Waals surface area contributed by atoms with Crippen molar-refractivity contribution in [2.75, 3.05) is 18.4 Å². The minimum atomic E-state index is -0.676. The predicted molar refractivity (Wildman–Crippen MR) is 104 cm³/mol. The van der Waals surface area contributed by atoms with E-state index in [4.69, 9.17) is 0 Å². The number of nitrogens with one attached hydrogen (secondary N) is 1. The maximum atomic E-state index is 11.0. The van der Waals surface area contributed by atoms with Crippen molar-refractivity contribution in [2.45, 2.75) is 38.1 Å². The molecule has 4 nitrogen and oxygen atoms in total. The van der Waals surface area contributed by atoms with Crippen LogP contribution in [0.2, 0.25) is 0 Å². The van der Waals surface area contributed by atoms with Crippen molar-refractivity contribution in [1.82, 2.24) is 4.90 Å². The molecule has 0 bridgehead atoms. The van der Waals surface area contributed by atoms with Crippen molar-refractivity contribution < 1.29 is 10.2 Å². The summed E-state index contributed by atoms with van der Waals surface area (Å²) in [4.78, 5) is 2.10. The van der Waals surface area contributed by atoms with Crippen LogP contribution in [0.4, 0.5) is 5.69 Å². The molecule has 1 aliphatic heterocycles. The third kappa shape index (κ3) is 3.78. The Balaban J connectivity index is 1.34. The minimum absolute atomic E-state index is 0.456. The average Bonchev–Trinajstić information content (AvgIpc) is 3.10. The van der Waals surface area contributed by atoms with Crippen molar-refractivity contribution in [3.63, 3.8) is 0 Å². The van der Waals surface area contributed by atoms with Gasteiger partial charge in [-0.2, -0.15) is 0 Å². The lowest BCUT2D eigenvalue weighted by Gasteiger charge is -2.29. The highest BCUT2D eigenvalue weighted by molar-refractivity contribution is 5.45. The molecule has 2 aromatic rings. The molecule has 0 amide bonds. The number of benzene rings is 2. The van der Waals surface area contributed by atoms with Crippen LogP contribution >= 0.6 is 0 Å². The normalized spacial score (nSPS) is 29.5. The van der Waals surface area contributed by atoms with Crippen LogP contribution in [0, 0.1) is 18.8 Å². The molecule has 4 atom stereocenters. The summed E-state index contributed by atoms with van der Waals surface area (Å²) in [5.41, 5.74) is 2.71. The molecule has 1 saturated carbocycles. The number of likely N-dealkylation sites (tertiary alicyclic amines) is 1. The van der Waals surface area contributed by atoms with Gasteiger partial charge in [-0.25, -0.2) is 0 Å². The molecule has 138 valence electrons. The smallest absolute Gasteiger partial charge is 0.184 e. The Morgan fingerprint density at radius 3 is 2.42 bits per heavy atom. The summed E-state index contributed by atoms with van der Waals surface area (Å²) in [5.74, 6) is 0.912. The summed E-state index contributed by atoms with van der Waals surface area (Å²) in [5, 5.41) is 24.8. The lowest BCUT2D eigenvalue weighted by atomic mass is 9.91. The summed E-state index contributed by atoms with van der Waals surface area (Å²) in [6, 6.07) is 18.3. The van der Waals surface area contributed by atoms with E-state index in [-0.39, 0.29) is 0 Å². The fourth-order valence-electron chi connectivity index (χ4n) is 4.79. The summed E-state index contributed by atoms with van der Waals surface area (Å²) in [6.07, 6.45) is 1.69. The van der Waals surface area contributed by atoms with Crippen LogP contribution in [0.5, 0.6) is 0 Å². The van der Waals surface area contributed by atoms with Gasteiger partial charge in [0.2, 0.25) is 0 Å². The average molecular weight is 352 g/mol. The van der Waals surface area contributed by atoms with Gasteiger partial charge in [-0.1, -0.05) is 42.5 Å². The zero-order valence-electron chi connectivity index (χ0n) is 15.3. The van der Waals surface area contributed by atoms with E-state index in [0.717, 1.165) is 38.0 Å². The zero-order valence-corrected chi connectivity index (χ0v) is 15.3. The van der Waals surface area contributed by atoms with Crippen molar-refractivity contribution in [3.05, 3.63) is 65.7 Å². The van der Waals surface area contributed by atoms with Gasteiger partial charge in [0.1, 0.15) is 0 Å². The number of anilines is 1. The van der Waals surface area contributed by atoms with Gasteiger partial charge in [0.25, 0.3) is 0 Å². The van der Waals surface area contributed by atoms with Gasteiger partial charge in [0.15, 0.2) is 6.35 Å². The van der Waals surface area contributed by atoms with Gasteiger partial charge in [0, 0.05) is 25.2 Å². The lowest BCUT2D eigenvalue weighted by molar-refractivity contribution is 0.0100. The predicted octanol–water partition coefficient (Wildman–Crippen LogP) is 3.00. The Kier molecular flexibility index (Phi) is 4.74. The molecule has 2 fully saturated rings. The molecule has 0 radical (unpaired) electrons. The highest BCUT2D eigenvalue weighted by Crippen LogP contribution is 2.45. The molecule has 4 rings (SSSR count). The first kappa shape index (κ1) is 17.5. The van der Waals surface area contributed by atoms with Crippen molar-refractivity contribution in [2.24, 2.45) is 11.8 Å². The molecule has 4 heteroatoms. The van der Waals surface area contributed by atoms with Crippen LogP contribution in [0.3, 0.4) is 0 Å². The second-order valence-corrected chi connectivity index (χ2v) is 8.16. The molecule has 3 N–H and O–H groups in total. The van der Waals surface area contributed by atoms with E-state index >= 15 is 0 Å². The van der Waals surface area contributed by atoms with Crippen molar-refractivity contribution >= 4 is 5.69 Å². The SMILES string of the molecule is Cc1cccc(NC(O)N2C[C@@H]3CC(O)(Cc4ccccc4)C[C@@H]3C2)c1. The van der Waals surface area contributed by atoms with E-state index in [1.807, 2.05) is 49.4 Å². The van der Waals surface area contributed by atoms with Crippen molar-refractivity contribution in [1.29, 1.82) is 0 Å². The maximum absolute atomic E-state index is 11.0. The molecule has 26 heavy (non-hydrogen) atoms. The molecule has 0 aromatic heterocycles. The first-order valence-corrected chi connectivity index (χ1v) is 9.52. The number of hydrogen-bond donors (Lipinski definition) is 3. The molecule has 2 unspecified atom stereocenters. The van der Waals surface area contributed by atoms with Gasteiger partial charge in [-0.3, -0.25) is 4.90 Å². The summed E-state index contributed by atoms with van der Waals surface area (Å²) >= 11 is 0. The van der Waals surface area contributed by atoms with Crippen LogP contribution in [0.1, 0.15) is 24.0 Å². The molecule has 1 heterocycles. The number of aryl methyl sites for hydroxylation is 1. The molecule has 2 aliphatic rings. The van der Waals surface area contributed by atoms with Crippen LogP contribution in [0.15, 0.2) is 54.6 Å². The second-order valence-electron chi connectivity index (χ2n) is 8.16. The summed E-state index contributed by atoms with van der Waals surface area (Å²) < 4.78 is 0. The van der Waals surface area contributed by atoms with Crippen LogP contribution in [-0.4, -0.2) is 40.2 Å². The highest BCUT2D eigenvalue weighted by Gasteiger charge is 2.49. The topological polar surface area (TPSA) is 55.7 Å². The zero-order chi connectivity index (χ0) is 18.1. The summed E-state index contributed by atoms with van der Waals surface area (Å²) in [7, 11) is 0. The van der Waals surface area contributed by atoms with E-state index in [1.165, 1.54) is 11.1 Å². The van der Waals surface area contributed by atoms with Crippen LogP contribution in [-0.2, 0) is 6.42 Å². The number of hydrogen-bond acceptors (Lipinski definition) is 4. The third-order valence-corrected chi connectivity index (χ3v) is 5.92. The minimum Gasteiger partial charge on any atom is -0.390 e. The fraction of sp³-hybridized carbons (Fsp3) is 0.455. The van der Waals surface area contributed by atoms with E-state index in [9.17, 15) is 10.2 Å². The number of fused-ring (bicyclic) bond motifs is 1. The number of nitrogens with zero attached hydrogens (tertiary/aromatic N) is 1. The number of rotatable bonds is 5. The van der Waals surface area contributed by atoms with Gasteiger partial charge >= 0.3 is 0 Å². The van der Waals surface area contributed by atoms with Crippen LogP contribution < -0.4 is 5.32 Å². The largest absolute Gasteiger partial charge is 0.390 e. The van der Waals surface area contributed by atoms with E-state index in [1.54, 1.807) is 0 Å². The van der Waals surface area contributed by atoms with Crippen LogP contribution in [0.25, 0.3) is 0 Å². The molecule has 1 saturated heterocycles. The fourth-order valence-corrected chi connectivity index (χ4v) is 4.79. The molecular formula is C22H28N2O2. The maximum Gasteiger partial charge on any atom is 0.184 e. The first-order chi connectivity index (χ1) is 12.5. The standard InChI is InChI=1S/C22H28N2O2/c1-16-6-5-9-20(10-16)23-21(25)24-14-18-12-22(26,13-19(18)15-24)11-17-7-3-2-4-8-17/h2-10,18-19,21,23,25-26H,11-15H2,1H3/t18-,19+,21?,22?. The molecule has 0 spiro atoms. The van der Waals surface area contributed by atoms with Gasteiger partial charge < -0.3 is 15.5 Å². The van der Waals surface area contributed by atoms with Gasteiger partial charge in [0.05, 0.1) is 5.60 Å². The highest BCUT2D eigenvalue weighted by atomic mass is 16.3. The molecule has 2 aromatic carbocycles. The van der Waals surface area contributed by atoms with E-state index in [2.05, 4.69) is 22.3 Å². The Morgan fingerprint density at radius 2 is 1.77 bits per heavy atom. The quantitative estimate of drug-likeness (QED) is 0.724. The lowest BCUT2D eigenvalue weighted by Crippen LogP contribution is -2.41. The Morgan fingerprint density at radius 1 is 1.08 bits per heavy atom. The Bertz CT molecular complexity index is 735. The first-order valence-electron chi connectivity index (χ1n) is 9.52. The Hall–Kier alpha value is -1.88. The number of aliphatic hydroxyl groups is 2. The van der Waals surface area contributed by atoms with Crippen molar-refractivity contribution in [3.8, 4) is 0 Å². The van der Waals surface area contributed by atoms with Gasteiger partial charge in [-0.05, 0) is 54.9 Å². The second kappa shape index (κ2) is 7.03. The summed E-state index contributed by atoms with van der Waals surface area (Å²) in [6.45, 7) is 3.72. The third-order valence-electron chi connectivity index (χ3n) is 5.92. The Labute approximate surface area is 155 Å². The van der Waals surface area contributed by atoms with Gasteiger partial charge in [-0.15, -0.1) is 0 Å². The number of aliphatic hydroxyl groups excluding tert-OH is 1.